The van der Waals surface area contributed by atoms with Crippen molar-refractivity contribution in [3.63, 3.8) is 0 Å². The fraction of sp³-hybridized carbons (Fsp3) is 0.333. The molecule has 0 amide bonds. The van der Waals surface area contributed by atoms with Crippen molar-refractivity contribution in [2.75, 3.05) is 43.4 Å². The number of nitrogens with one attached hydrogen (secondary N) is 1. The number of piperazine rings is 1. The zero-order valence-corrected chi connectivity index (χ0v) is 18.6. The van der Waals surface area contributed by atoms with Crippen LogP contribution in [0.5, 0.6) is 0 Å². The Morgan fingerprint density at radius 3 is 2.69 bits per heavy atom. The second kappa shape index (κ2) is 8.09. The molecule has 8 nitrogen and oxygen atoms in total. The Morgan fingerprint density at radius 1 is 1.09 bits per heavy atom. The van der Waals surface area contributed by atoms with Crippen molar-refractivity contribution in [2.45, 2.75) is 20.4 Å². The van der Waals surface area contributed by atoms with Gasteiger partial charge in [0.25, 0.3) is 0 Å². The molecule has 1 N–H and O–H groups in total. The molecule has 0 aliphatic carbocycles. The zero-order chi connectivity index (χ0) is 22.2. The third-order valence-electron chi connectivity index (χ3n) is 6.34. The largest absolute Gasteiger partial charge is 0.365 e. The number of nitrogens with zero attached hydrogens (tertiary/aromatic N) is 7. The van der Waals surface area contributed by atoms with Crippen LogP contribution in [0.15, 0.2) is 36.7 Å². The first-order valence-electron chi connectivity index (χ1n) is 10.8. The van der Waals surface area contributed by atoms with E-state index >= 15 is 0 Å². The van der Waals surface area contributed by atoms with Crippen molar-refractivity contribution in [3.05, 3.63) is 59.0 Å². The van der Waals surface area contributed by atoms with Crippen LogP contribution in [0.25, 0.3) is 16.7 Å². The van der Waals surface area contributed by atoms with E-state index in [4.69, 9.17) is 9.97 Å². The Hall–Kier alpha value is -3.70. The second-order valence-corrected chi connectivity index (χ2v) is 8.40. The number of aromatic nitrogens is 4. The van der Waals surface area contributed by atoms with Crippen LogP contribution in [0, 0.1) is 25.2 Å². The average Bonchev–Trinajstić information content (AvgIpc) is 3.19. The number of aryl methyl sites for hydroxylation is 1. The number of nitriles is 1. The molecule has 0 radical (unpaired) electrons. The Labute approximate surface area is 187 Å². The molecule has 1 aliphatic rings. The van der Waals surface area contributed by atoms with Gasteiger partial charge in [-0.25, -0.2) is 9.97 Å². The minimum Gasteiger partial charge on any atom is -0.365 e. The summed E-state index contributed by atoms with van der Waals surface area (Å²) < 4.78 is 2.04. The normalized spacial score (nSPS) is 14.8. The number of rotatable bonds is 4. The third kappa shape index (κ3) is 3.51. The van der Waals surface area contributed by atoms with Gasteiger partial charge in [0.15, 0.2) is 0 Å². The van der Waals surface area contributed by atoms with Crippen molar-refractivity contribution in [2.24, 2.45) is 0 Å². The van der Waals surface area contributed by atoms with E-state index in [0.29, 0.717) is 17.9 Å². The predicted molar refractivity (Wildman–Crippen MR) is 126 cm³/mol. The lowest BCUT2D eigenvalue weighted by Crippen LogP contribution is -2.44. The summed E-state index contributed by atoms with van der Waals surface area (Å²) in [6.07, 6.45) is 3.76. The van der Waals surface area contributed by atoms with E-state index < -0.39 is 0 Å². The number of likely N-dealkylation sites (N-methyl/N-ethyl adjacent to an activating group) is 1. The van der Waals surface area contributed by atoms with Crippen LogP contribution in [0.1, 0.15) is 22.4 Å². The van der Waals surface area contributed by atoms with Crippen molar-refractivity contribution in [3.8, 4) is 6.07 Å². The average molecular weight is 427 g/mol. The van der Waals surface area contributed by atoms with Gasteiger partial charge in [-0.1, -0.05) is 12.1 Å². The lowest BCUT2D eigenvalue weighted by atomic mass is 10.0. The molecule has 0 unspecified atom stereocenters. The zero-order valence-electron chi connectivity index (χ0n) is 18.6. The Bertz CT molecular complexity index is 1340. The van der Waals surface area contributed by atoms with Gasteiger partial charge in [-0.2, -0.15) is 10.2 Å². The van der Waals surface area contributed by atoms with Crippen molar-refractivity contribution in [1.82, 2.24) is 24.3 Å². The van der Waals surface area contributed by atoms with Crippen LogP contribution in [-0.4, -0.2) is 57.5 Å². The Kier molecular flexibility index (Phi) is 5.11. The molecule has 5 rings (SSSR count). The maximum absolute atomic E-state index is 9.35. The van der Waals surface area contributed by atoms with E-state index in [0.717, 1.165) is 65.5 Å². The van der Waals surface area contributed by atoms with Gasteiger partial charge in [-0.15, -0.1) is 0 Å². The molecule has 0 spiro atoms. The van der Waals surface area contributed by atoms with Gasteiger partial charge in [0.2, 0.25) is 5.78 Å². The fourth-order valence-electron chi connectivity index (χ4n) is 4.28. The Morgan fingerprint density at radius 2 is 1.91 bits per heavy atom. The second-order valence-electron chi connectivity index (χ2n) is 8.40. The smallest absolute Gasteiger partial charge is 0.236 e. The van der Waals surface area contributed by atoms with E-state index in [1.807, 2.05) is 48.8 Å². The molecule has 0 bridgehead atoms. The molecule has 0 saturated carbocycles. The molecule has 4 aromatic rings. The molecule has 1 saturated heterocycles. The summed E-state index contributed by atoms with van der Waals surface area (Å²) in [5.41, 5.74) is 4.77. The first-order valence-corrected chi connectivity index (χ1v) is 10.8. The minimum absolute atomic E-state index is 0.575. The third-order valence-corrected chi connectivity index (χ3v) is 6.34. The van der Waals surface area contributed by atoms with Crippen molar-refractivity contribution in [1.29, 1.82) is 5.26 Å². The summed E-state index contributed by atoms with van der Waals surface area (Å²) in [5, 5.41) is 13.9. The molecule has 1 aromatic carbocycles. The molecule has 8 heteroatoms. The van der Waals surface area contributed by atoms with Gasteiger partial charge in [0.05, 0.1) is 29.5 Å². The highest BCUT2D eigenvalue weighted by Crippen LogP contribution is 2.28. The SMILES string of the molecule is Cc1c(C#N)cccc1CNc1nc2ncc(C)n2c2cnc(N3CCN(C)CC3)cc12. The van der Waals surface area contributed by atoms with Crippen LogP contribution in [-0.2, 0) is 6.54 Å². The summed E-state index contributed by atoms with van der Waals surface area (Å²) in [5.74, 6) is 2.39. The maximum atomic E-state index is 9.35. The van der Waals surface area contributed by atoms with Gasteiger partial charge in [-0.3, -0.25) is 4.40 Å². The number of anilines is 2. The maximum Gasteiger partial charge on any atom is 0.236 e. The summed E-state index contributed by atoms with van der Waals surface area (Å²) in [7, 11) is 2.15. The Balaban J connectivity index is 1.57. The predicted octanol–water partition coefficient (Wildman–Crippen LogP) is 3.13. The fourth-order valence-corrected chi connectivity index (χ4v) is 4.28. The molecule has 162 valence electrons. The quantitative estimate of drug-likeness (QED) is 0.537. The van der Waals surface area contributed by atoms with E-state index in [1.165, 1.54) is 0 Å². The highest BCUT2D eigenvalue weighted by atomic mass is 15.3. The van der Waals surface area contributed by atoms with Crippen LogP contribution in [0.4, 0.5) is 11.6 Å². The van der Waals surface area contributed by atoms with Gasteiger partial charge in [-0.05, 0) is 44.2 Å². The summed E-state index contributed by atoms with van der Waals surface area (Å²) >= 11 is 0. The summed E-state index contributed by atoms with van der Waals surface area (Å²) in [6, 6.07) is 10.2. The molecular formula is C24H26N8. The molecule has 0 atom stereocenters. The number of imidazole rings is 1. The molecule has 4 heterocycles. The van der Waals surface area contributed by atoms with Crippen molar-refractivity contribution >= 4 is 28.3 Å². The molecule has 3 aromatic heterocycles. The number of pyridine rings is 1. The lowest BCUT2D eigenvalue weighted by Gasteiger charge is -2.33. The molecular weight excluding hydrogens is 400 g/mol. The number of fused-ring (bicyclic) bond motifs is 3. The monoisotopic (exact) mass is 426 g/mol. The van der Waals surface area contributed by atoms with Crippen LogP contribution in [0.2, 0.25) is 0 Å². The number of hydrogen-bond acceptors (Lipinski definition) is 7. The van der Waals surface area contributed by atoms with Gasteiger partial charge < -0.3 is 15.1 Å². The van der Waals surface area contributed by atoms with E-state index in [-0.39, 0.29) is 0 Å². The highest BCUT2D eigenvalue weighted by molar-refractivity contribution is 5.92. The van der Waals surface area contributed by atoms with Crippen LogP contribution >= 0.6 is 0 Å². The van der Waals surface area contributed by atoms with E-state index in [1.54, 1.807) is 0 Å². The number of hydrogen-bond donors (Lipinski definition) is 1. The van der Waals surface area contributed by atoms with Crippen LogP contribution < -0.4 is 10.2 Å². The van der Waals surface area contributed by atoms with Gasteiger partial charge in [0, 0.05) is 43.8 Å². The molecule has 1 fully saturated rings. The van der Waals surface area contributed by atoms with Gasteiger partial charge in [0.1, 0.15) is 11.6 Å². The summed E-state index contributed by atoms with van der Waals surface area (Å²) in [6.45, 7) is 8.55. The van der Waals surface area contributed by atoms with Crippen LogP contribution in [0.3, 0.4) is 0 Å². The molecule has 32 heavy (non-hydrogen) atoms. The lowest BCUT2D eigenvalue weighted by molar-refractivity contribution is 0.312. The van der Waals surface area contributed by atoms with E-state index in [2.05, 4.69) is 39.3 Å². The van der Waals surface area contributed by atoms with E-state index in [9.17, 15) is 5.26 Å². The standard InChI is InChI=1S/C24H26N8/c1-16-13-28-24-29-23(27-14-19-6-4-5-18(12-25)17(19)2)20-11-22(26-15-21(20)32(16)24)31-9-7-30(3)8-10-31/h4-6,11,13,15H,7-10,14H2,1-3H3,(H,27,28,29). The molecule has 1 aliphatic heterocycles. The number of benzene rings is 1. The highest BCUT2D eigenvalue weighted by Gasteiger charge is 2.18. The topological polar surface area (TPSA) is 85.4 Å². The van der Waals surface area contributed by atoms with Gasteiger partial charge >= 0.3 is 0 Å². The first kappa shape index (κ1) is 20.2. The van der Waals surface area contributed by atoms with Crippen molar-refractivity contribution < 1.29 is 0 Å². The minimum atomic E-state index is 0.575. The first-order chi connectivity index (χ1) is 15.5. The summed E-state index contributed by atoms with van der Waals surface area (Å²) in [4.78, 5) is 18.8.